The molecule has 1 aliphatic heterocycles. The lowest BCUT2D eigenvalue weighted by molar-refractivity contribution is -0.124. The van der Waals surface area contributed by atoms with Gasteiger partial charge < -0.3 is 11.1 Å². The zero-order valence-corrected chi connectivity index (χ0v) is 7.24. The summed E-state index contributed by atoms with van der Waals surface area (Å²) in [6.07, 6.45) is 0. The van der Waals surface area contributed by atoms with Crippen molar-refractivity contribution in [2.75, 3.05) is 6.54 Å². The first-order valence-corrected chi connectivity index (χ1v) is 3.64. The number of carbonyl (C=O) groups is 1. The molecule has 0 fully saturated rings. The Labute approximate surface area is 71.2 Å². The van der Waals surface area contributed by atoms with Gasteiger partial charge in [0, 0.05) is 11.8 Å². The number of carbonyl (C=O) groups excluding carboxylic acids is 1. The molecule has 0 aromatic carbocycles. The highest BCUT2D eigenvalue weighted by Gasteiger charge is 2.21. The van der Waals surface area contributed by atoms with Crippen LogP contribution in [0.3, 0.4) is 0 Å². The topological polar surface area (TPSA) is 58.4 Å². The lowest BCUT2D eigenvalue weighted by Crippen LogP contribution is -2.40. The molecule has 1 rings (SSSR count). The van der Waals surface area contributed by atoms with Crippen molar-refractivity contribution >= 4 is 33.6 Å². The third-order valence-corrected chi connectivity index (χ3v) is 2.11. The molecule has 56 valence electrons. The summed E-state index contributed by atoms with van der Waals surface area (Å²) in [4.78, 5) is 10.7. The Morgan fingerprint density at radius 2 is 2.40 bits per heavy atom. The molecule has 0 unspecified atom stereocenters. The van der Waals surface area contributed by atoms with Crippen molar-refractivity contribution in [3.63, 3.8) is 0 Å². The van der Waals surface area contributed by atoms with Crippen molar-refractivity contribution in [1.82, 2.24) is 9.74 Å². The van der Waals surface area contributed by atoms with E-state index in [4.69, 9.17) is 17.5 Å². The molecule has 3 N–H and O–H groups in total. The summed E-state index contributed by atoms with van der Waals surface area (Å²) in [6, 6.07) is 0. The molecule has 0 saturated heterocycles. The Hall–Kier alpha value is -0.420. The van der Waals surface area contributed by atoms with Gasteiger partial charge in [-0.15, -0.1) is 0 Å². The van der Waals surface area contributed by atoms with E-state index in [1.165, 1.54) is 0 Å². The molecule has 1 heterocycles. The van der Waals surface area contributed by atoms with Gasteiger partial charge in [-0.1, -0.05) is 0 Å². The average molecular weight is 226 g/mol. The van der Waals surface area contributed by atoms with Gasteiger partial charge in [-0.3, -0.25) is 4.79 Å². The van der Waals surface area contributed by atoms with Crippen LogP contribution in [-0.2, 0) is 4.79 Å². The fraction of sp³-hybridized carbons (Fsp3) is 0.250. The van der Waals surface area contributed by atoms with Crippen LogP contribution in [0.15, 0.2) is 10.4 Å². The number of nitrogens with zero attached hydrogens (tertiary/aromatic N) is 1. The van der Waals surface area contributed by atoms with Crippen molar-refractivity contribution in [3.8, 4) is 0 Å². The van der Waals surface area contributed by atoms with E-state index >= 15 is 0 Å². The standard InChI is InChI=1S/C4H5BrClN3O/c5-3-4(7)9(6)2(10)1-8-3/h8H,1,7H2. The lowest BCUT2D eigenvalue weighted by Gasteiger charge is -2.21. The molecular weight excluding hydrogens is 221 g/mol. The normalized spacial score (nSPS) is 19.4. The SMILES string of the molecule is NC1=C(Br)NCC(=O)N1Cl. The molecular formula is C4H5BrClN3O. The van der Waals surface area contributed by atoms with Crippen molar-refractivity contribution in [2.24, 2.45) is 5.73 Å². The second-order valence-corrected chi connectivity index (χ2v) is 2.86. The Kier molecular flexibility index (Phi) is 2.05. The van der Waals surface area contributed by atoms with Gasteiger partial charge >= 0.3 is 0 Å². The zero-order chi connectivity index (χ0) is 7.72. The Morgan fingerprint density at radius 3 is 2.90 bits per heavy atom. The quantitative estimate of drug-likeness (QED) is 0.453. The van der Waals surface area contributed by atoms with Gasteiger partial charge in [0.1, 0.15) is 4.61 Å². The van der Waals surface area contributed by atoms with Gasteiger partial charge in [0.2, 0.25) is 0 Å². The lowest BCUT2D eigenvalue weighted by atomic mass is 10.5. The highest BCUT2D eigenvalue weighted by Crippen LogP contribution is 2.14. The molecule has 4 nitrogen and oxygen atoms in total. The number of amides is 1. The van der Waals surface area contributed by atoms with Gasteiger partial charge in [0.15, 0.2) is 5.82 Å². The largest absolute Gasteiger partial charge is 0.382 e. The number of hydrogen-bond acceptors (Lipinski definition) is 3. The molecule has 0 aromatic heterocycles. The highest BCUT2D eigenvalue weighted by molar-refractivity contribution is 9.11. The van der Waals surface area contributed by atoms with Crippen LogP contribution in [0.5, 0.6) is 0 Å². The molecule has 0 bridgehead atoms. The summed E-state index contributed by atoms with van der Waals surface area (Å²) >= 11 is 8.53. The van der Waals surface area contributed by atoms with Gasteiger partial charge in [-0.25, -0.2) is 4.42 Å². The summed E-state index contributed by atoms with van der Waals surface area (Å²) in [5.41, 5.74) is 5.36. The molecule has 0 spiro atoms. The van der Waals surface area contributed by atoms with Crippen LogP contribution in [0.4, 0.5) is 0 Å². The van der Waals surface area contributed by atoms with Crippen molar-refractivity contribution < 1.29 is 4.79 Å². The predicted molar refractivity (Wildman–Crippen MR) is 40.8 cm³/mol. The second kappa shape index (κ2) is 2.67. The summed E-state index contributed by atoms with van der Waals surface area (Å²) in [7, 11) is 0. The van der Waals surface area contributed by atoms with Crippen LogP contribution in [0.2, 0.25) is 0 Å². The first-order chi connectivity index (χ1) is 4.63. The van der Waals surface area contributed by atoms with Crippen LogP contribution in [0.1, 0.15) is 0 Å². The Morgan fingerprint density at radius 1 is 1.80 bits per heavy atom. The summed E-state index contributed by atoms with van der Waals surface area (Å²) in [5, 5.41) is 2.71. The predicted octanol–water partition coefficient (Wildman–Crippen LogP) is 0.0522. The monoisotopic (exact) mass is 225 g/mol. The first kappa shape index (κ1) is 7.68. The maximum absolute atomic E-state index is 10.7. The first-order valence-electron chi connectivity index (χ1n) is 2.51. The molecule has 0 radical (unpaired) electrons. The summed E-state index contributed by atoms with van der Waals surface area (Å²) in [5.74, 6) is -0.0692. The molecule has 1 aliphatic rings. The number of nitrogens with two attached hydrogens (primary N) is 1. The maximum atomic E-state index is 10.7. The smallest absolute Gasteiger partial charge is 0.262 e. The van der Waals surface area contributed by atoms with E-state index in [9.17, 15) is 4.79 Å². The van der Waals surface area contributed by atoms with Crippen LogP contribution >= 0.6 is 27.7 Å². The minimum absolute atomic E-state index is 0.171. The van der Waals surface area contributed by atoms with E-state index < -0.39 is 0 Å². The van der Waals surface area contributed by atoms with E-state index in [0.717, 1.165) is 4.42 Å². The molecule has 0 aliphatic carbocycles. The van der Waals surface area contributed by atoms with Crippen molar-refractivity contribution in [2.45, 2.75) is 0 Å². The Balaban J connectivity index is 2.88. The van der Waals surface area contributed by atoms with E-state index in [-0.39, 0.29) is 18.3 Å². The zero-order valence-electron chi connectivity index (χ0n) is 4.90. The van der Waals surface area contributed by atoms with Gasteiger partial charge in [0.25, 0.3) is 5.91 Å². The van der Waals surface area contributed by atoms with Gasteiger partial charge in [0.05, 0.1) is 6.54 Å². The van der Waals surface area contributed by atoms with Crippen LogP contribution in [0.25, 0.3) is 0 Å². The van der Waals surface area contributed by atoms with Crippen LogP contribution in [-0.4, -0.2) is 16.9 Å². The molecule has 10 heavy (non-hydrogen) atoms. The van der Waals surface area contributed by atoms with E-state index in [0.29, 0.717) is 4.61 Å². The second-order valence-electron chi connectivity index (χ2n) is 1.73. The minimum Gasteiger partial charge on any atom is -0.382 e. The number of rotatable bonds is 0. The molecule has 6 heteroatoms. The third kappa shape index (κ3) is 1.19. The Bertz CT molecular complexity index is 205. The average Bonchev–Trinajstić information content (AvgIpc) is 1.93. The summed E-state index contributed by atoms with van der Waals surface area (Å²) < 4.78 is 1.42. The van der Waals surface area contributed by atoms with Crippen LogP contribution in [0, 0.1) is 0 Å². The number of nitrogens with one attached hydrogen (secondary N) is 1. The third-order valence-electron chi connectivity index (χ3n) is 1.05. The molecule has 0 atom stereocenters. The fourth-order valence-corrected chi connectivity index (χ4v) is 1.10. The number of halogens is 2. The number of hydrogen-bond donors (Lipinski definition) is 2. The molecule has 0 aromatic rings. The summed E-state index contributed by atoms with van der Waals surface area (Å²) in [6.45, 7) is 0.171. The van der Waals surface area contributed by atoms with E-state index in [1.807, 2.05) is 0 Å². The minimum atomic E-state index is -0.262. The van der Waals surface area contributed by atoms with E-state index in [1.54, 1.807) is 0 Å². The van der Waals surface area contributed by atoms with Gasteiger partial charge in [-0.05, 0) is 15.9 Å². The molecule has 1 amide bonds. The van der Waals surface area contributed by atoms with E-state index in [2.05, 4.69) is 21.2 Å². The van der Waals surface area contributed by atoms with Gasteiger partial charge in [-0.2, -0.15) is 0 Å². The maximum Gasteiger partial charge on any atom is 0.262 e. The molecule has 0 saturated carbocycles. The highest BCUT2D eigenvalue weighted by atomic mass is 79.9. The fourth-order valence-electron chi connectivity index (χ4n) is 0.534. The van der Waals surface area contributed by atoms with Crippen LogP contribution < -0.4 is 11.1 Å². The van der Waals surface area contributed by atoms with Crippen molar-refractivity contribution in [3.05, 3.63) is 10.4 Å². The van der Waals surface area contributed by atoms with Crippen molar-refractivity contribution in [1.29, 1.82) is 0 Å².